The normalized spacial score (nSPS) is 37.0. The minimum Gasteiger partial charge on any atom is -0.316 e. The Morgan fingerprint density at radius 1 is 1.15 bits per heavy atom. The molecular weight excluding hydrogens is 274 g/mol. The van der Waals surface area contributed by atoms with Gasteiger partial charge in [-0.1, -0.05) is 0 Å². The van der Waals surface area contributed by atoms with Crippen molar-refractivity contribution in [1.29, 1.82) is 0 Å². The predicted molar refractivity (Wildman–Crippen MR) is 80.1 cm³/mol. The van der Waals surface area contributed by atoms with Gasteiger partial charge in [0, 0.05) is 25.2 Å². The van der Waals surface area contributed by atoms with E-state index in [1.807, 2.05) is 0 Å². The average molecular weight is 301 g/mol. The highest BCUT2D eigenvalue weighted by atomic mass is 32.2. The second-order valence-electron chi connectivity index (χ2n) is 6.69. The van der Waals surface area contributed by atoms with Crippen molar-refractivity contribution in [2.24, 2.45) is 5.92 Å². The molecule has 0 spiro atoms. The molecule has 2 bridgehead atoms. The van der Waals surface area contributed by atoms with E-state index >= 15 is 0 Å². The van der Waals surface area contributed by atoms with Crippen molar-refractivity contribution in [3.8, 4) is 0 Å². The molecule has 1 N–H and O–H groups in total. The lowest BCUT2D eigenvalue weighted by Crippen LogP contribution is -2.43. The lowest BCUT2D eigenvalue weighted by molar-refractivity contribution is 0.246. The number of fused-ring (bicyclic) bond motifs is 2. The summed E-state index contributed by atoms with van der Waals surface area (Å²) in [7, 11) is -0.929. The van der Waals surface area contributed by atoms with E-state index in [4.69, 9.17) is 0 Å². The first-order chi connectivity index (χ1) is 9.56. The number of hydrogen-bond acceptors (Lipinski definition) is 4. The zero-order chi connectivity index (χ0) is 14.2. The maximum absolute atomic E-state index is 12.7. The van der Waals surface area contributed by atoms with Crippen LogP contribution in [0.5, 0.6) is 0 Å². The maximum atomic E-state index is 12.7. The molecule has 3 aliphatic heterocycles. The minimum absolute atomic E-state index is 0.298. The van der Waals surface area contributed by atoms with Crippen molar-refractivity contribution in [2.45, 2.75) is 44.2 Å². The number of sulfonamides is 1. The molecule has 3 fully saturated rings. The van der Waals surface area contributed by atoms with Gasteiger partial charge in [0.25, 0.3) is 0 Å². The van der Waals surface area contributed by atoms with Gasteiger partial charge in [-0.05, 0) is 58.2 Å². The lowest BCUT2D eigenvalue weighted by Gasteiger charge is -2.28. The van der Waals surface area contributed by atoms with Gasteiger partial charge in [0.2, 0.25) is 10.0 Å². The highest BCUT2D eigenvalue weighted by Crippen LogP contribution is 2.30. The van der Waals surface area contributed by atoms with Gasteiger partial charge in [-0.25, -0.2) is 12.7 Å². The molecule has 0 amide bonds. The summed E-state index contributed by atoms with van der Waals surface area (Å²) in [6, 6.07) is 1.03. The molecule has 3 atom stereocenters. The minimum atomic E-state index is -3.09. The summed E-state index contributed by atoms with van der Waals surface area (Å²) < 4.78 is 27.1. The topological polar surface area (TPSA) is 52.7 Å². The van der Waals surface area contributed by atoms with Gasteiger partial charge in [-0.3, -0.25) is 4.90 Å². The molecule has 3 aliphatic rings. The van der Waals surface area contributed by atoms with Crippen LogP contribution in [-0.2, 0) is 10.0 Å². The van der Waals surface area contributed by atoms with Crippen molar-refractivity contribution < 1.29 is 8.42 Å². The standard InChI is InChI=1S/C14H27N3O2S/c1-16-13-4-5-14(16)10-17(8-6-13)20(18,19)11-12-3-2-7-15-9-12/h12-15H,2-11H2,1H3. The van der Waals surface area contributed by atoms with Crippen molar-refractivity contribution in [2.75, 3.05) is 39.0 Å². The van der Waals surface area contributed by atoms with Gasteiger partial charge >= 0.3 is 0 Å². The van der Waals surface area contributed by atoms with Crippen molar-refractivity contribution in [3.63, 3.8) is 0 Å². The summed E-state index contributed by atoms with van der Waals surface area (Å²) in [5.74, 6) is 0.632. The van der Waals surface area contributed by atoms with Gasteiger partial charge in [-0.15, -0.1) is 0 Å². The molecular formula is C14H27N3O2S. The number of piperidine rings is 1. The van der Waals surface area contributed by atoms with E-state index in [0.717, 1.165) is 38.8 Å². The number of hydrogen-bond donors (Lipinski definition) is 1. The Balaban J connectivity index is 1.65. The highest BCUT2D eigenvalue weighted by molar-refractivity contribution is 7.89. The Morgan fingerprint density at radius 3 is 2.70 bits per heavy atom. The Hall–Kier alpha value is -0.170. The van der Waals surface area contributed by atoms with Crippen LogP contribution in [0.25, 0.3) is 0 Å². The molecule has 116 valence electrons. The van der Waals surface area contributed by atoms with Crippen LogP contribution < -0.4 is 5.32 Å². The van der Waals surface area contributed by atoms with E-state index in [9.17, 15) is 8.42 Å². The Bertz CT molecular complexity index is 434. The largest absolute Gasteiger partial charge is 0.316 e. The SMILES string of the molecule is CN1C2CCC1CN(S(=O)(=O)CC1CCCNC1)CC2. The van der Waals surface area contributed by atoms with Crippen LogP contribution in [0, 0.1) is 5.92 Å². The van der Waals surface area contributed by atoms with E-state index in [0.29, 0.717) is 36.8 Å². The Kier molecular flexibility index (Phi) is 4.36. The highest BCUT2D eigenvalue weighted by Gasteiger charge is 2.38. The summed E-state index contributed by atoms with van der Waals surface area (Å²) in [6.07, 6.45) is 5.54. The molecule has 5 nitrogen and oxygen atoms in total. The van der Waals surface area contributed by atoms with Crippen LogP contribution in [0.15, 0.2) is 0 Å². The summed E-state index contributed by atoms with van der Waals surface area (Å²) >= 11 is 0. The Labute approximate surface area is 122 Å². The fraction of sp³-hybridized carbons (Fsp3) is 1.00. The van der Waals surface area contributed by atoms with Gasteiger partial charge in [-0.2, -0.15) is 0 Å². The van der Waals surface area contributed by atoms with Crippen LogP contribution >= 0.6 is 0 Å². The number of nitrogens with zero attached hydrogens (tertiary/aromatic N) is 2. The summed E-state index contributed by atoms with van der Waals surface area (Å²) in [5.41, 5.74) is 0. The monoisotopic (exact) mass is 301 g/mol. The smallest absolute Gasteiger partial charge is 0.214 e. The lowest BCUT2D eigenvalue weighted by atomic mass is 10.0. The van der Waals surface area contributed by atoms with Crippen LogP contribution in [0.4, 0.5) is 0 Å². The van der Waals surface area contributed by atoms with Gasteiger partial charge in [0.05, 0.1) is 5.75 Å². The molecule has 0 aliphatic carbocycles. The molecule has 3 heterocycles. The van der Waals surface area contributed by atoms with E-state index in [-0.39, 0.29) is 0 Å². The van der Waals surface area contributed by atoms with Crippen LogP contribution in [-0.4, -0.2) is 68.7 Å². The van der Waals surface area contributed by atoms with Crippen molar-refractivity contribution >= 4 is 10.0 Å². The number of rotatable bonds is 3. The third-order valence-electron chi connectivity index (χ3n) is 5.35. The molecule has 0 radical (unpaired) electrons. The molecule has 3 unspecified atom stereocenters. The molecule has 3 rings (SSSR count). The second kappa shape index (κ2) is 5.91. The summed E-state index contributed by atoms with van der Waals surface area (Å²) in [5, 5.41) is 3.32. The molecule has 20 heavy (non-hydrogen) atoms. The van der Waals surface area contributed by atoms with Crippen LogP contribution in [0.3, 0.4) is 0 Å². The van der Waals surface area contributed by atoms with E-state index in [2.05, 4.69) is 17.3 Å². The second-order valence-corrected chi connectivity index (χ2v) is 8.70. The van der Waals surface area contributed by atoms with Crippen molar-refractivity contribution in [1.82, 2.24) is 14.5 Å². The van der Waals surface area contributed by atoms with Gasteiger partial charge in [0.15, 0.2) is 0 Å². The van der Waals surface area contributed by atoms with Crippen LogP contribution in [0.1, 0.15) is 32.1 Å². The average Bonchev–Trinajstić information content (AvgIpc) is 2.63. The third-order valence-corrected chi connectivity index (χ3v) is 7.36. The summed E-state index contributed by atoms with van der Waals surface area (Å²) in [6.45, 7) is 3.32. The van der Waals surface area contributed by atoms with Crippen LogP contribution in [0.2, 0.25) is 0 Å². The van der Waals surface area contributed by atoms with Crippen molar-refractivity contribution in [3.05, 3.63) is 0 Å². The molecule has 0 aromatic rings. The number of nitrogens with one attached hydrogen (secondary N) is 1. The van der Waals surface area contributed by atoms with E-state index in [1.165, 1.54) is 6.42 Å². The molecule has 3 saturated heterocycles. The molecule has 6 heteroatoms. The first-order valence-corrected chi connectivity index (χ1v) is 9.57. The quantitative estimate of drug-likeness (QED) is 0.824. The summed E-state index contributed by atoms with van der Waals surface area (Å²) in [4.78, 5) is 2.40. The first kappa shape index (κ1) is 14.8. The fourth-order valence-electron chi connectivity index (χ4n) is 4.00. The predicted octanol–water partition coefficient (Wildman–Crippen LogP) is 0.484. The van der Waals surface area contributed by atoms with E-state index < -0.39 is 10.0 Å². The molecule has 0 saturated carbocycles. The molecule has 0 aromatic carbocycles. The van der Waals surface area contributed by atoms with E-state index in [1.54, 1.807) is 4.31 Å². The third kappa shape index (κ3) is 3.03. The number of likely N-dealkylation sites (N-methyl/N-ethyl adjacent to an activating group) is 1. The van der Waals surface area contributed by atoms with Gasteiger partial charge in [0.1, 0.15) is 0 Å². The zero-order valence-corrected chi connectivity index (χ0v) is 13.2. The fourth-order valence-corrected chi connectivity index (χ4v) is 5.87. The Morgan fingerprint density at radius 2 is 1.95 bits per heavy atom. The molecule has 0 aromatic heterocycles. The maximum Gasteiger partial charge on any atom is 0.214 e. The van der Waals surface area contributed by atoms with Gasteiger partial charge < -0.3 is 5.32 Å². The zero-order valence-electron chi connectivity index (χ0n) is 12.4. The first-order valence-electron chi connectivity index (χ1n) is 7.97.